The Morgan fingerprint density at radius 3 is 2.43 bits per heavy atom. The molecular weight excluding hydrogens is 432 g/mol. The Morgan fingerprint density at radius 1 is 1.13 bits per heavy atom. The molecule has 1 atom stereocenters. The molecule has 12 heteroatoms. The first-order valence-electron chi connectivity index (χ1n) is 9.15. The van der Waals surface area contributed by atoms with Crippen LogP contribution >= 0.6 is 11.3 Å². The standard InChI is InChI=1S/C18H24N4O6S2/c1-4-14(17(24)20-18-22-21-16(29-18)10-27-3)30(25,26)11-15(23)19-12-6-8-13(9-7-12)28-5-2/h6-9,14H,4-5,10-11H2,1-3H3,(H,19,23)(H,20,22,24). The molecule has 164 valence electrons. The first kappa shape index (κ1) is 23.7. The summed E-state index contributed by atoms with van der Waals surface area (Å²) in [6.07, 6.45) is 0.00817. The number of sulfone groups is 1. The van der Waals surface area contributed by atoms with Gasteiger partial charge in [0.2, 0.25) is 16.9 Å². The summed E-state index contributed by atoms with van der Waals surface area (Å²) in [5, 5.41) is 11.9. The Labute approximate surface area is 178 Å². The smallest absolute Gasteiger partial charge is 0.244 e. The molecule has 1 heterocycles. The van der Waals surface area contributed by atoms with Crippen LogP contribution in [0.3, 0.4) is 0 Å². The zero-order valence-corrected chi connectivity index (χ0v) is 18.5. The van der Waals surface area contributed by atoms with Crippen molar-refractivity contribution >= 4 is 43.8 Å². The second kappa shape index (κ2) is 11.0. The Balaban J connectivity index is 1.99. The van der Waals surface area contributed by atoms with E-state index in [0.29, 0.717) is 23.1 Å². The predicted octanol–water partition coefficient (Wildman–Crippen LogP) is 1.85. The fourth-order valence-corrected chi connectivity index (χ4v) is 4.80. The number of carbonyl (C=O) groups is 2. The van der Waals surface area contributed by atoms with Gasteiger partial charge in [-0.3, -0.25) is 14.9 Å². The Bertz CT molecular complexity index is 959. The SMILES string of the molecule is CCOc1ccc(NC(=O)CS(=O)(=O)C(CC)C(=O)Nc2nnc(COC)s2)cc1. The van der Waals surface area contributed by atoms with Gasteiger partial charge in [0.25, 0.3) is 0 Å². The van der Waals surface area contributed by atoms with E-state index >= 15 is 0 Å². The third-order valence-corrected chi connectivity index (χ3v) is 6.73. The van der Waals surface area contributed by atoms with E-state index in [-0.39, 0.29) is 18.2 Å². The summed E-state index contributed by atoms with van der Waals surface area (Å²) in [5.74, 6) is -1.68. The first-order valence-corrected chi connectivity index (χ1v) is 11.7. The van der Waals surface area contributed by atoms with E-state index < -0.39 is 32.7 Å². The zero-order chi connectivity index (χ0) is 22.1. The van der Waals surface area contributed by atoms with Gasteiger partial charge in [0, 0.05) is 12.8 Å². The number of benzene rings is 1. The van der Waals surface area contributed by atoms with Crippen molar-refractivity contribution in [3.8, 4) is 5.75 Å². The van der Waals surface area contributed by atoms with Gasteiger partial charge in [0.05, 0.1) is 6.61 Å². The van der Waals surface area contributed by atoms with Crippen LogP contribution in [0.25, 0.3) is 0 Å². The minimum Gasteiger partial charge on any atom is -0.494 e. The van der Waals surface area contributed by atoms with Gasteiger partial charge >= 0.3 is 0 Å². The van der Waals surface area contributed by atoms with E-state index in [9.17, 15) is 18.0 Å². The summed E-state index contributed by atoms with van der Waals surface area (Å²) in [6, 6.07) is 6.53. The molecule has 2 rings (SSSR count). The van der Waals surface area contributed by atoms with Crippen molar-refractivity contribution in [1.82, 2.24) is 10.2 Å². The first-order chi connectivity index (χ1) is 14.3. The Morgan fingerprint density at radius 2 is 1.83 bits per heavy atom. The van der Waals surface area contributed by atoms with Crippen LogP contribution in [0.1, 0.15) is 25.3 Å². The molecule has 0 saturated heterocycles. The van der Waals surface area contributed by atoms with Crippen LogP contribution in [-0.4, -0.2) is 55.1 Å². The van der Waals surface area contributed by atoms with E-state index in [1.165, 1.54) is 7.11 Å². The maximum absolute atomic E-state index is 12.6. The molecule has 2 N–H and O–H groups in total. The summed E-state index contributed by atoms with van der Waals surface area (Å²) in [4.78, 5) is 24.7. The summed E-state index contributed by atoms with van der Waals surface area (Å²) < 4.78 is 35.5. The average molecular weight is 457 g/mol. The van der Waals surface area contributed by atoms with Gasteiger partial charge in [0.15, 0.2) is 9.84 Å². The summed E-state index contributed by atoms with van der Waals surface area (Å²) in [5.41, 5.74) is 0.427. The fourth-order valence-electron chi connectivity index (χ4n) is 2.56. The van der Waals surface area contributed by atoms with Crippen LogP contribution in [0.15, 0.2) is 24.3 Å². The van der Waals surface area contributed by atoms with Gasteiger partial charge in [-0.2, -0.15) is 0 Å². The Kier molecular flexibility index (Phi) is 8.69. The monoisotopic (exact) mass is 456 g/mol. The molecule has 2 amide bonds. The van der Waals surface area contributed by atoms with E-state index in [1.54, 1.807) is 31.2 Å². The molecular formula is C18H24N4O6S2. The zero-order valence-electron chi connectivity index (χ0n) is 16.9. The number of aromatic nitrogens is 2. The molecule has 0 fully saturated rings. The van der Waals surface area contributed by atoms with Crippen molar-refractivity contribution in [3.05, 3.63) is 29.3 Å². The third kappa shape index (κ3) is 6.75. The van der Waals surface area contributed by atoms with Crippen molar-refractivity contribution < 1.29 is 27.5 Å². The van der Waals surface area contributed by atoms with Crippen LogP contribution in [0.5, 0.6) is 5.75 Å². The molecule has 0 spiro atoms. The van der Waals surface area contributed by atoms with Crippen molar-refractivity contribution in [2.75, 3.05) is 30.1 Å². The summed E-state index contributed by atoms with van der Waals surface area (Å²) in [6.45, 7) is 4.15. The molecule has 0 aliphatic carbocycles. The number of nitrogens with one attached hydrogen (secondary N) is 2. The molecule has 1 aromatic carbocycles. The van der Waals surface area contributed by atoms with Crippen LogP contribution < -0.4 is 15.4 Å². The number of amides is 2. The molecule has 0 aliphatic rings. The molecule has 0 bridgehead atoms. The van der Waals surface area contributed by atoms with Gasteiger partial charge in [-0.05, 0) is 37.6 Å². The molecule has 10 nitrogen and oxygen atoms in total. The largest absolute Gasteiger partial charge is 0.494 e. The number of hydrogen-bond acceptors (Lipinski definition) is 9. The number of hydrogen-bond donors (Lipinski definition) is 2. The number of rotatable bonds is 11. The molecule has 2 aromatic rings. The lowest BCUT2D eigenvalue weighted by Crippen LogP contribution is -2.39. The molecule has 30 heavy (non-hydrogen) atoms. The molecule has 0 aliphatic heterocycles. The maximum atomic E-state index is 12.6. The van der Waals surface area contributed by atoms with Gasteiger partial charge in [-0.25, -0.2) is 8.42 Å². The lowest BCUT2D eigenvalue weighted by molar-refractivity contribution is -0.115. The predicted molar refractivity (Wildman–Crippen MR) is 113 cm³/mol. The molecule has 0 saturated carbocycles. The maximum Gasteiger partial charge on any atom is 0.244 e. The Hall–Kier alpha value is -2.57. The van der Waals surface area contributed by atoms with Gasteiger partial charge < -0.3 is 14.8 Å². The molecule has 1 unspecified atom stereocenters. The van der Waals surface area contributed by atoms with Gasteiger partial charge in [-0.1, -0.05) is 18.3 Å². The number of nitrogens with zero attached hydrogens (tertiary/aromatic N) is 2. The number of carbonyl (C=O) groups excluding carboxylic acids is 2. The number of anilines is 2. The molecule has 0 radical (unpaired) electrons. The van der Waals surface area contributed by atoms with Crippen molar-refractivity contribution in [1.29, 1.82) is 0 Å². The average Bonchev–Trinajstić information content (AvgIpc) is 3.10. The van der Waals surface area contributed by atoms with Crippen LogP contribution in [0, 0.1) is 0 Å². The second-order valence-corrected chi connectivity index (χ2v) is 9.38. The summed E-state index contributed by atoms with van der Waals surface area (Å²) in [7, 11) is -2.55. The molecule has 1 aromatic heterocycles. The third-order valence-electron chi connectivity index (χ3n) is 3.84. The second-order valence-electron chi connectivity index (χ2n) is 6.13. The van der Waals surface area contributed by atoms with Gasteiger partial charge in [-0.15, -0.1) is 10.2 Å². The fraction of sp³-hybridized carbons (Fsp3) is 0.444. The highest BCUT2D eigenvalue weighted by molar-refractivity contribution is 7.93. The van der Waals surface area contributed by atoms with Crippen molar-refractivity contribution in [2.24, 2.45) is 0 Å². The van der Waals surface area contributed by atoms with Crippen molar-refractivity contribution in [2.45, 2.75) is 32.1 Å². The van der Waals surface area contributed by atoms with Gasteiger partial charge in [0.1, 0.15) is 28.4 Å². The van der Waals surface area contributed by atoms with Crippen LogP contribution in [-0.2, 0) is 30.8 Å². The normalized spacial score (nSPS) is 12.2. The summed E-state index contributed by atoms with van der Waals surface area (Å²) >= 11 is 1.08. The topological polar surface area (TPSA) is 137 Å². The van der Waals surface area contributed by atoms with E-state index in [2.05, 4.69) is 20.8 Å². The number of methoxy groups -OCH3 is 1. The van der Waals surface area contributed by atoms with Crippen LogP contribution in [0.2, 0.25) is 0 Å². The van der Waals surface area contributed by atoms with Crippen molar-refractivity contribution in [3.63, 3.8) is 0 Å². The van der Waals surface area contributed by atoms with E-state index in [4.69, 9.17) is 9.47 Å². The minimum atomic E-state index is -4.05. The van der Waals surface area contributed by atoms with E-state index in [0.717, 1.165) is 11.3 Å². The van der Waals surface area contributed by atoms with E-state index in [1.807, 2.05) is 6.92 Å². The highest BCUT2D eigenvalue weighted by atomic mass is 32.2. The van der Waals surface area contributed by atoms with Crippen LogP contribution in [0.4, 0.5) is 10.8 Å². The lowest BCUT2D eigenvalue weighted by Gasteiger charge is -2.15. The lowest BCUT2D eigenvalue weighted by atomic mass is 10.3. The minimum absolute atomic E-state index is 0.00817. The highest BCUT2D eigenvalue weighted by Gasteiger charge is 2.33. The quantitative estimate of drug-likeness (QED) is 0.523. The highest BCUT2D eigenvalue weighted by Crippen LogP contribution is 2.19. The number of ether oxygens (including phenoxy) is 2.